The van der Waals surface area contributed by atoms with Crippen LogP contribution in [-0.4, -0.2) is 26.8 Å². The Hall–Kier alpha value is -2.32. The number of anilines is 1. The molecule has 0 unspecified atom stereocenters. The third kappa shape index (κ3) is 5.86. The van der Waals surface area contributed by atoms with Gasteiger partial charge >= 0.3 is 0 Å². The van der Waals surface area contributed by atoms with Gasteiger partial charge in [0, 0.05) is 10.2 Å². The Morgan fingerprint density at radius 1 is 1.17 bits per heavy atom. The number of nitrogens with one attached hydrogen (secondary N) is 2. The standard InChI is InChI=1S/C22H25BrN4O2S/c1-13(2)16-5-7-17(8-6-16)29-11-20-25-22(27-26-20)30-12-21(28)24-19-10-9-18(23)14(3)15(19)4/h5-10,13H,11-12H2,1-4H3,(H,24,28)(H,25,26,27). The monoisotopic (exact) mass is 488 g/mol. The number of nitrogens with zero attached hydrogens (tertiary/aromatic N) is 2. The molecule has 0 spiro atoms. The van der Waals surface area contributed by atoms with Gasteiger partial charge in [0.25, 0.3) is 0 Å². The van der Waals surface area contributed by atoms with Crippen molar-refractivity contribution in [1.29, 1.82) is 0 Å². The first-order valence-corrected chi connectivity index (χ1v) is 11.4. The fraction of sp³-hybridized carbons (Fsp3) is 0.318. The van der Waals surface area contributed by atoms with Gasteiger partial charge in [0.1, 0.15) is 12.4 Å². The lowest BCUT2D eigenvalue weighted by molar-refractivity contribution is -0.113. The van der Waals surface area contributed by atoms with Crippen molar-refractivity contribution < 1.29 is 9.53 Å². The number of benzene rings is 2. The van der Waals surface area contributed by atoms with Gasteiger partial charge in [-0.15, -0.1) is 5.10 Å². The predicted octanol–water partition coefficient (Wildman–Crippen LogP) is 5.62. The number of aromatic amines is 1. The van der Waals surface area contributed by atoms with Crippen LogP contribution in [0.1, 0.15) is 42.3 Å². The van der Waals surface area contributed by atoms with Gasteiger partial charge in [0.05, 0.1) is 5.75 Å². The molecule has 0 aliphatic carbocycles. The lowest BCUT2D eigenvalue weighted by atomic mass is 10.0. The minimum absolute atomic E-state index is 0.0994. The summed E-state index contributed by atoms with van der Waals surface area (Å²) in [7, 11) is 0. The van der Waals surface area contributed by atoms with Crippen LogP contribution in [0.3, 0.4) is 0 Å². The Morgan fingerprint density at radius 2 is 1.90 bits per heavy atom. The summed E-state index contributed by atoms with van der Waals surface area (Å²) in [4.78, 5) is 16.7. The lowest BCUT2D eigenvalue weighted by Gasteiger charge is -2.11. The molecule has 0 saturated carbocycles. The molecule has 0 saturated heterocycles. The van der Waals surface area contributed by atoms with Gasteiger partial charge in [-0.3, -0.25) is 9.89 Å². The molecule has 6 nitrogen and oxygen atoms in total. The number of aromatic nitrogens is 3. The maximum absolute atomic E-state index is 12.3. The van der Waals surface area contributed by atoms with E-state index in [1.165, 1.54) is 17.3 Å². The number of rotatable bonds is 8. The summed E-state index contributed by atoms with van der Waals surface area (Å²) in [5.41, 5.74) is 4.24. The second-order valence-corrected chi connectivity index (χ2v) is 9.06. The van der Waals surface area contributed by atoms with Crippen LogP contribution in [0.5, 0.6) is 5.75 Å². The predicted molar refractivity (Wildman–Crippen MR) is 124 cm³/mol. The fourth-order valence-corrected chi connectivity index (χ4v) is 3.79. The number of hydrogen-bond acceptors (Lipinski definition) is 5. The van der Waals surface area contributed by atoms with Crippen molar-refractivity contribution in [3.05, 3.63) is 63.4 Å². The van der Waals surface area contributed by atoms with Gasteiger partial charge in [-0.05, 0) is 60.7 Å². The number of hydrogen-bond donors (Lipinski definition) is 2. The molecule has 3 aromatic rings. The minimum Gasteiger partial charge on any atom is -0.486 e. The van der Waals surface area contributed by atoms with E-state index in [0.29, 0.717) is 16.9 Å². The van der Waals surface area contributed by atoms with Crippen molar-refractivity contribution in [3.63, 3.8) is 0 Å². The molecule has 0 bridgehead atoms. The van der Waals surface area contributed by atoms with Gasteiger partial charge in [-0.1, -0.05) is 53.7 Å². The zero-order chi connectivity index (χ0) is 21.7. The summed E-state index contributed by atoms with van der Waals surface area (Å²) >= 11 is 4.78. The second-order valence-electron chi connectivity index (χ2n) is 7.26. The van der Waals surface area contributed by atoms with Crippen LogP contribution in [0.2, 0.25) is 0 Å². The molecule has 0 fully saturated rings. The maximum Gasteiger partial charge on any atom is 0.234 e. The van der Waals surface area contributed by atoms with Crippen LogP contribution < -0.4 is 10.1 Å². The Morgan fingerprint density at radius 3 is 2.60 bits per heavy atom. The van der Waals surface area contributed by atoms with Crippen LogP contribution in [0.4, 0.5) is 5.69 Å². The first-order chi connectivity index (χ1) is 14.3. The van der Waals surface area contributed by atoms with Crippen molar-refractivity contribution in [2.75, 3.05) is 11.1 Å². The number of thioether (sulfide) groups is 1. The summed E-state index contributed by atoms with van der Waals surface area (Å²) in [5, 5.41) is 10.5. The first kappa shape index (κ1) is 22.4. The van der Waals surface area contributed by atoms with Gasteiger partial charge < -0.3 is 10.1 Å². The molecule has 1 heterocycles. The molecule has 1 amide bonds. The molecular formula is C22H25BrN4O2S. The number of ether oxygens (including phenoxy) is 1. The topological polar surface area (TPSA) is 79.9 Å². The molecule has 0 radical (unpaired) electrons. The van der Waals surface area contributed by atoms with E-state index in [2.05, 4.69) is 62.4 Å². The first-order valence-electron chi connectivity index (χ1n) is 9.66. The molecule has 1 aromatic heterocycles. The smallest absolute Gasteiger partial charge is 0.234 e. The van der Waals surface area contributed by atoms with E-state index in [0.717, 1.165) is 27.0 Å². The van der Waals surface area contributed by atoms with Crippen LogP contribution in [0.25, 0.3) is 0 Å². The Labute approximate surface area is 189 Å². The molecule has 8 heteroatoms. The Balaban J connectivity index is 1.48. The molecule has 30 heavy (non-hydrogen) atoms. The maximum atomic E-state index is 12.3. The van der Waals surface area contributed by atoms with Crippen LogP contribution in [-0.2, 0) is 11.4 Å². The van der Waals surface area contributed by atoms with E-state index < -0.39 is 0 Å². The van der Waals surface area contributed by atoms with Crippen molar-refractivity contribution >= 4 is 39.3 Å². The quantitative estimate of drug-likeness (QED) is 0.402. The average molecular weight is 489 g/mol. The van der Waals surface area contributed by atoms with Crippen molar-refractivity contribution in [1.82, 2.24) is 15.2 Å². The van der Waals surface area contributed by atoms with E-state index in [4.69, 9.17) is 4.74 Å². The largest absolute Gasteiger partial charge is 0.486 e. The van der Waals surface area contributed by atoms with Gasteiger partial charge in [0.2, 0.25) is 11.1 Å². The number of H-pyrrole nitrogens is 1. The Kier molecular flexibility index (Phi) is 7.55. The molecule has 2 aromatic carbocycles. The number of amides is 1. The molecule has 0 aliphatic rings. The molecule has 2 N–H and O–H groups in total. The van der Waals surface area contributed by atoms with Crippen LogP contribution in [0, 0.1) is 13.8 Å². The van der Waals surface area contributed by atoms with Crippen LogP contribution >= 0.6 is 27.7 Å². The number of carbonyl (C=O) groups is 1. The second kappa shape index (κ2) is 10.1. The molecule has 158 valence electrons. The van der Waals surface area contributed by atoms with E-state index >= 15 is 0 Å². The van der Waals surface area contributed by atoms with Crippen molar-refractivity contribution in [2.45, 2.75) is 45.4 Å². The Bertz CT molecular complexity index is 1020. The third-order valence-electron chi connectivity index (χ3n) is 4.76. The van der Waals surface area contributed by atoms with E-state index in [-0.39, 0.29) is 18.3 Å². The lowest BCUT2D eigenvalue weighted by Crippen LogP contribution is -2.15. The highest BCUT2D eigenvalue weighted by molar-refractivity contribution is 9.10. The summed E-state index contributed by atoms with van der Waals surface area (Å²) in [6.07, 6.45) is 0. The summed E-state index contributed by atoms with van der Waals surface area (Å²) < 4.78 is 6.78. The third-order valence-corrected chi connectivity index (χ3v) is 6.47. The highest BCUT2D eigenvalue weighted by Gasteiger charge is 2.11. The number of carbonyl (C=O) groups excluding carboxylic acids is 1. The summed E-state index contributed by atoms with van der Waals surface area (Å²) in [5.74, 6) is 2.01. The minimum atomic E-state index is -0.0994. The highest BCUT2D eigenvalue weighted by atomic mass is 79.9. The highest BCUT2D eigenvalue weighted by Crippen LogP contribution is 2.26. The van der Waals surface area contributed by atoms with Crippen molar-refractivity contribution in [2.24, 2.45) is 0 Å². The zero-order valence-corrected chi connectivity index (χ0v) is 19.9. The van der Waals surface area contributed by atoms with Crippen LogP contribution in [0.15, 0.2) is 46.0 Å². The SMILES string of the molecule is Cc1c(Br)ccc(NC(=O)CSc2n[nH]c(COc3ccc(C(C)C)cc3)n2)c1C. The fourth-order valence-electron chi connectivity index (χ4n) is 2.75. The normalized spacial score (nSPS) is 11.0. The summed E-state index contributed by atoms with van der Waals surface area (Å²) in [6, 6.07) is 11.9. The van der Waals surface area contributed by atoms with E-state index in [1.807, 2.05) is 38.1 Å². The van der Waals surface area contributed by atoms with Gasteiger partial charge in [-0.25, -0.2) is 4.98 Å². The molecular weight excluding hydrogens is 464 g/mol. The van der Waals surface area contributed by atoms with Crippen molar-refractivity contribution in [3.8, 4) is 5.75 Å². The van der Waals surface area contributed by atoms with Gasteiger partial charge in [0.15, 0.2) is 5.82 Å². The van der Waals surface area contributed by atoms with E-state index in [1.54, 1.807) is 0 Å². The zero-order valence-electron chi connectivity index (χ0n) is 17.5. The van der Waals surface area contributed by atoms with Gasteiger partial charge in [-0.2, -0.15) is 0 Å². The number of halogens is 1. The summed E-state index contributed by atoms with van der Waals surface area (Å²) in [6.45, 7) is 8.61. The van der Waals surface area contributed by atoms with E-state index in [9.17, 15) is 4.79 Å². The average Bonchev–Trinajstić information content (AvgIpc) is 3.19. The molecule has 0 aliphatic heterocycles. The molecule has 0 atom stereocenters. The molecule has 3 rings (SSSR count).